The molecule has 1 aromatic carbocycles. The lowest BCUT2D eigenvalue weighted by Crippen LogP contribution is -2.26. The highest BCUT2D eigenvalue weighted by atomic mass is 16.3. The summed E-state index contributed by atoms with van der Waals surface area (Å²) in [4.78, 5) is 2.19. The van der Waals surface area contributed by atoms with E-state index in [1.54, 1.807) is 13.0 Å². The first-order chi connectivity index (χ1) is 10.5. The van der Waals surface area contributed by atoms with Crippen molar-refractivity contribution in [1.29, 1.82) is 0 Å². The number of aliphatic hydroxyl groups is 2. The Morgan fingerprint density at radius 2 is 2.00 bits per heavy atom. The van der Waals surface area contributed by atoms with Gasteiger partial charge in [-0.25, -0.2) is 0 Å². The average molecular weight is 301 g/mol. The first-order valence-corrected chi connectivity index (χ1v) is 7.68. The number of aliphatic hydroxyl groups excluding tert-OH is 2. The summed E-state index contributed by atoms with van der Waals surface area (Å²) in [5.74, 6) is 0.474. The van der Waals surface area contributed by atoms with E-state index < -0.39 is 6.10 Å². The highest BCUT2D eigenvalue weighted by Gasteiger charge is 2.13. The molecule has 1 aromatic rings. The second-order valence-electron chi connectivity index (χ2n) is 5.71. The Balaban J connectivity index is 3.29. The van der Waals surface area contributed by atoms with Gasteiger partial charge < -0.3 is 15.1 Å². The van der Waals surface area contributed by atoms with Crippen LogP contribution in [0.5, 0.6) is 0 Å². The first kappa shape index (κ1) is 18.1. The standard InChI is InChI=1S/C19H27NO2/c1-5-8-18(11-7-12-21)20(14-15(2)3)19-10-6-9-17(13-19)16(4)22/h5-13,15-16,21-22H,14H2,1-4H3/b8-5-,12-7+,18-11+. The molecule has 22 heavy (non-hydrogen) atoms. The van der Waals surface area contributed by atoms with Crippen LogP contribution in [0.1, 0.15) is 39.4 Å². The van der Waals surface area contributed by atoms with E-state index in [4.69, 9.17) is 5.11 Å². The topological polar surface area (TPSA) is 43.7 Å². The molecule has 2 N–H and O–H groups in total. The summed E-state index contributed by atoms with van der Waals surface area (Å²) in [6.45, 7) is 8.92. The highest BCUT2D eigenvalue weighted by molar-refractivity contribution is 5.56. The van der Waals surface area contributed by atoms with Crippen molar-refractivity contribution in [3.8, 4) is 0 Å². The van der Waals surface area contributed by atoms with Gasteiger partial charge in [0.05, 0.1) is 12.4 Å². The van der Waals surface area contributed by atoms with E-state index >= 15 is 0 Å². The fourth-order valence-corrected chi connectivity index (χ4v) is 2.23. The number of benzene rings is 1. The van der Waals surface area contributed by atoms with E-state index in [2.05, 4.69) is 18.7 Å². The Morgan fingerprint density at radius 1 is 1.27 bits per heavy atom. The molecule has 120 valence electrons. The van der Waals surface area contributed by atoms with Crippen LogP contribution in [0.4, 0.5) is 5.69 Å². The van der Waals surface area contributed by atoms with Crippen molar-refractivity contribution < 1.29 is 10.2 Å². The van der Waals surface area contributed by atoms with Crippen LogP contribution in [-0.2, 0) is 0 Å². The molecule has 0 aliphatic heterocycles. The lowest BCUT2D eigenvalue weighted by Gasteiger charge is -2.28. The van der Waals surface area contributed by atoms with Crippen molar-refractivity contribution in [2.45, 2.75) is 33.8 Å². The molecule has 0 fully saturated rings. The summed E-state index contributed by atoms with van der Waals surface area (Å²) in [7, 11) is 0. The monoisotopic (exact) mass is 301 g/mol. The predicted octanol–water partition coefficient (Wildman–Crippen LogP) is 4.73. The maximum Gasteiger partial charge on any atom is 0.0792 e. The summed E-state index contributed by atoms with van der Waals surface area (Å²) in [6, 6.07) is 7.93. The quantitative estimate of drug-likeness (QED) is 0.565. The fraction of sp³-hybridized carbons (Fsp3) is 0.368. The van der Waals surface area contributed by atoms with E-state index in [9.17, 15) is 5.11 Å². The number of anilines is 1. The molecule has 0 saturated carbocycles. The number of nitrogens with zero attached hydrogens (tertiary/aromatic N) is 1. The fourth-order valence-electron chi connectivity index (χ4n) is 2.23. The lowest BCUT2D eigenvalue weighted by molar-refractivity contribution is 0.199. The molecule has 0 heterocycles. The second kappa shape index (κ2) is 9.11. The minimum absolute atomic E-state index is 0.474. The minimum Gasteiger partial charge on any atom is -0.516 e. The third kappa shape index (κ3) is 5.41. The van der Waals surface area contributed by atoms with Gasteiger partial charge in [0.2, 0.25) is 0 Å². The molecule has 0 radical (unpaired) electrons. The van der Waals surface area contributed by atoms with Gasteiger partial charge in [-0.15, -0.1) is 0 Å². The van der Waals surface area contributed by atoms with Gasteiger partial charge in [-0.05, 0) is 55.7 Å². The average Bonchev–Trinajstić information content (AvgIpc) is 2.49. The molecule has 0 aliphatic carbocycles. The first-order valence-electron chi connectivity index (χ1n) is 7.68. The zero-order chi connectivity index (χ0) is 16.5. The smallest absolute Gasteiger partial charge is 0.0792 e. The Kier molecular flexibility index (Phi) is 7.47. The second-order valence-corrected chi connectivity index (χ2v) is 5.71. The van der Waals surface area contributed by atoms with Gasteiger partial charge in [-0.2, -0.15) is 0 Å². The van der Waals surface area contributed by atoms with Crippen LogP contribution in [0.3, 0.4) is 0 Å². The SMILES string of the molecule is C\C=C/C(=C\C=C\O)N(CC(C)C)c1cccc(C(C)O)c1. The van der Waals surface area contributed by atoms with Crippen LogP contribution < -0.4 is 4.90 Å². The summed E-state index contributed by atoms with van der Waals surface area (Å²) in [5, 5.41) is 18.7. The zero-order valence-corrected chi connectivity index (χ0v) is 13.9. The maximum atomic E-state index is 9.80. The van der Waals surface area contributed by atoms with Crippen LogP contribution in [0.15, 0.2) is 60.5 Å². The van der Waals surface area contributed by atoms with Gasteiger partial charge in [-0.1, -0.05) is 32.1 Å². The Labute approximate surface area is 133 Å². The number of hydrogen-bond acceptors (Lipinski definition) is 3. The largest absolute Gasteiger partial charge is 0.516 e. The van der Waals surface area contributed by atoms with Gasteiger partial charge in [0.15, 0.2) is 0 Å². The Morgan fingerprint density at radius 3 is 2.55 bits per heavy atom. The van der Waals surface area contributed by atoms with E-state index in [1.807, 2.05) is 49.4 Å². The summed E-state index contributed by atoms with van der Waals surface area (Å²) < 4.78 is 0. The summed E-state index contributed by atoms with van der Waals surface area (Å²) in [6.07, 6.45) is 8.01. The third-order valence-electron chi connectivity index (χ3n) is 3.21. The number of rotatable bonds is 7. The normalized spacial score (nSPS) is 14.2. The molecule has 0 aliphatic rings. The molecule has 1 unspecified atom stereocenters. The minimum atomic E-state index is -0.493. The van der Waals surface area contributed by atoms with E-state index in [1.165, 1.54) is 0 Å². The van der Waals surface area contributed by atoms with Crippen molar-refractivity contribution in [1.82, 2.24) is 0 Å². The van der Waals surface area contributed by atoms with Gasteiger partial charge >= 0.3 is 0 Å². The maximum absolute atomic E-state index is 9.80. The van der Waals surface area contributed by atoms with Crippen LogP contribution in [0, 0.1) is 5.92 Å². The number of hydrogen-bond donors (Lipinski definition) is 2. The van der Waals surface area contributed by atoms with Crippen LogP contribution >= 0.6 is 0 Å². The van der Waals surface area contributed by atoms with Crippen molar-refractivity contribution in [3.05, 3.63) is 66.1 Å². The molecule has 1 rings (SSSR count). The molecule has 0 bridgehead atoms. The van der Waals surface area contributed by atoms with Gasteiger partial charge in [-0.3, -0.25) is 0 Å². The summed E-state index contributed by atoms with van der Waals surface area (Å²) in [5.41, 5.74) is 2.91. The summed E-state index contributed by atoms with van der Waals surface area (Å²) >= 11 is 0. The van der Waals surface area contributed by atoms with E-state index in [-0.39, 0.29) is 0 Å². The molecule has 0 aromatic heterocycles. The van der Waals surface area contributed by atoms with Gasteiger partial charge in [0, 0.05) is 17.9 Å². The molecular formula is C19H27NO2. The predicted molar refractivity (Wildman–Crippen MR) is 93.9 cm³/mol. The number of allylic oxidation sites excluding steroid dienone is 4. The molecule has 0 spiro atoms. The Bertz CT molecular complexity index is 542. The van der Waals surface area contributed by atoms with Crippen molar-refractivity contribution in [2.75, 3.05) is 11.4 Å². The van der Waals surface area contributed by atoms with Crippen LogP contribution in [0.2, 0.25) is 0 Å². The molecule has 0 amide bonds. The third-order valence-corrected chi connectivity index (χ3v) is 3.21. The lowest BCUT2D eigenvalue weighted by atomic mass is 10.1. The van der Waals surface area contributed by atoms with Crippen molar-refractivity contribution in [3.63, 3.8) is 0 Å². The molecule has 3 heteroatoms. The zero-order valence-electron chi connectivity index (χ0n) is 13.9. The molecular weight excluding hydrogens is 274 g/mol. The van der Waals surface area contributed by atoms with Crippen molar-refractivity contribution in [2.24, 2.45) is 5.92 Å². The van der Waals surface area contributed by atoms with Gasteiger partial charge in [0.1, 0.15) is 0 Å². The Hall–Kier alpha value is -2.00. The molecule has 0 saturated heterocycles. The van der Waals surface area contributed by atoms with E-state index in [0.29, 0.717) is 5.92 Å². The molecule has 3 nitrogen and oxygen atoms in total. The highest BCUT2D eigenvalue weighted by Crippen LogP contribution is 2.25. The van der Waals surface area contributed by atoms with Crippen LogP contribution in [0.25, 0.3) is 0 Å². The van der Waals surface area contributed by atoms with E-state index in [0.717, 1.165) is 29.8 Å². The molecule has 1 atom stereocenters. The van der Waals surface area contributed by atoms with Crippen LogP contribution in [-0.4, -0.2) is 16.8 Å². The van der Waals surface area contributed by atoms with Crippen molar-refractivity contribution >= 4 is 5.69 Å². The van der Waals surface area contributed by atoms with Gasteiger partial charge in [0.25, 0.3) is 0 Å².